The van der Waals surface area contributed by atoms with Crippen molar-refractivity contribution in [2.75, 3.05) is 13.2 Å². The van der Waals surface area contributed by atoms with Gasteiger partial charge in [-0.2, -0.15) is 5.10 Å². The summed E-state index contributed by atoms with van der Waals surface area (Å²) in [5, 5.41) is 16.8. The normalized spacial score (nSPS) is 14.9. The molecular weight excluding hydrogens is 214 g/mol. The number of aryl methyl sites for hydroxylation is 2. The van der Waals surface area contributed by atoms with Gasteiger partial charge in [0.2, 0.25) is 0 Å². The van der Waals surface area contributed by atoms with Crippen molar-refractivity contribution in [2.24, 2.45) is 13.0 Å². The van der Waals surface area contributed by atoms with Crippen molar-refractivity contribution in [3.8, 4) is 0 Å². The maximum Gasteiger partial charge on any atom is 0.0641 e. The Kier molecular flexibility index (Phi) is 5.65. The molecule has 2 atom stereocenters. The predicted octanol–water partition coefficient (Wildman–Crippen LogP) is 1.79. The summed E-state index contributed by atoms with van der Waals surface area (Å²) in [6, 6.07) is 0.341. The maximum absolute atomic E-state index is 8.93. The lowest BCUT2D eigenvalue weighted by Gasteiger charge is -2.14. The van der Waals surface area contributed by atoms with Gasteiger partial charge in [-0.1, -0.05) is 6.92 Å². The average molecular weight is 239 g/mol. The van der Waals surface area contributed by atoms with E-state index < -0.39 is 0 Å². The standard InChI is InChI=1S/C13H25N3O/c1-10(9-17)6-5-7-14-11(2)13-8-16(4)15-12(13)3/h8,10-11,14,17H,5-7,9H2,1-4H3. The molecular formula is C13H25N3O. The van der Waals surface area contributed by atoms with Crippen LogP contribution in [0.15, 0.2) is 6.20 Å². The van der Waals surface area contributed by atoms with Crippen LogP contribution < -0.4 is 5.32 Å². The fourth-order valence-electron chi connectivity index (χ4n) is 2.01. The van der Waals surface area contributed by atoms with Gasteiger partial charge >= 0.3 is 0 Å². The van der Waals surface area contributed by atoms with Crippen LogP contribution in [0.3, 0.4) is 0 Å². The first-order chi connectivity index (χ1) is 8.04. The Balaban J connectivity index is 2.30. The molecule has 0 aromatic carbocycles. The molecule has 0 bridgehead atoms. The third-order valence-corrected chi connectivity index (χ3v) is 3.15. The van der Waals surface area contributed by atoms with Crippen LogP contribution in [0.2, 0.25) is 0 Å². The molecule has 1 aromatic heterocycles. The fourth-order valence-corrected chi connectivity index (χ4v) is 2.01. The molecule has 0 spiro atoms. The summed E-state index contributed by atoms with van der Waals surface area (Å²) in [6.45, 7) is 7.56. The summed E-state index contributed by atoms with van der Waals surface area (Å²) >= 11 is 0. The minimum atomic E-state index is 0.289. The molecule has 2 N–H and O–H groups in total. The first-order valence-electron chi connectivity index (χ1n) is 6.39. The first-order valence-corrected chi connectivity index (χ1v) is 6.39. The van der Waals surface area contributed by atoms with E-state index >= 15 is 0 Å². The van der Waals surface area contributed by atoms with Gasteiger partial charge in [0.15, 0.2) is 0 Å². The summed E-state index contributed by atoms with van der Waals surface area (Å²) < 4.78 is 1.86. The van der Waals surface area contributed by atoms with Gasteiger partial charge < -0.3 is 10.4 Å². The molecule has 1 rings (SSSR count). The highest BCUT2D eigenvalue weighted by atomic mass is 16.3. The van der Waals surface area contributed by atoms with E-state index in [-0.39, 0.29) is 6.61 Å². The first kappa shape index (κ1) is 14.2. The van der Waals surface area contributed by atoms with Gasteiger partial charge in [0.05, 0.1) is 5.69 Å². The Bertz CT molecular complexity index is 335. The topological polar surface area (TPSA) is 50.1 Å². The quantitative estimate of drug-likeness (QED) is 0.713. The van der Waals surface area contributed by atoms with Crippen molar-refractivity contribution in [1.82, 2.24) is 15.1 Å². The smallest absolute Gasteiger partial charge is 0.0641 e. The summed E-state index contributed by atoms with van der Waals surface area (Å²) in [5.41, 5.74) is 2.36. The fraction of sp³-hybridized carbons (Fsp3) is 0.769. The number of hydrogen-bond donors (Lipinski definition) is 2. The lowest BCUT2D eigenvalue weighted by atomic mass is 10.1. The van der Waals surface area contributed by atoms with Gasteiger partial charge in [0.1, 0.15) is 0 Å². The van der Waals surface area contributed by atoms with E-state index in [2.05, 4.69) is 30.5 Å². The van der Waals surface area contributed by atoms with Crippen molar-refractivity contribution in [3.05, 3.63) is 17.5 Å². The number of aromatic nitrogens is 2. The zero-order valence-corrected chi connectivity index (χ0v) is 11.4. The molecule has 4 nitrogen and oxygen atoms in total. The van der Waals surface area contributed by atoms with E-state index in [0.717, 1.165) is 25.1 Å². The summed E-state index contributed by atoms with van der Waals surface area (Å²) in [4.78, 5) is 0. The van der Waals surface area contributed by atoms with Crippen molar-refractivity contribution in [3.63, 3.8) is 0 Å². The van der Waals surface area contributed by atoms with Crippen LogP contribution in [0.25, 0.3) is 0 Å². The highest BCUT2D eigenvalue weighted by molar-refractivity contribution is 5.19. The van der Waals surface area contributed by atoms with Gasteiger partial charge in [-0.05, 0) is 39.2 Å². The van der Waals surface area contributed by atoms with E-state index in [1.165, 1.54) is 5.56 Å². The van der Waals surface area contributed by atoms with Crippen molar-refractivity contribution >= 4 is 0 Å². The number of aliphatic hydroxyl groups excluding tert-OH is 1. The van der Waals surface area contributed by atoms with Gasteiger partial charge in [-0.25, -0.2) is 0 Å². The van der Waals surface area contributed by atoms with E-state index in [1.807, 2.05) is 18.7 Å². The van der Waals surface area contributed by atoms with Crippen LogP contribution in [-0.2, 0) is 7.05 Å². The second-order valence-electron chi connectivity index (χ2n) is 4.95. The Labute approximate surface area is 104 Å². The monoisotopic (exact) mass is 239 g/mol. The van der Waals surface area contributed by atoms with E-state index in [9.17, 15) is 0 Å². The second kappa shape index (κ2) is 6.77. The third kappa shape index (κ3) is 4.48. The van der Waals surface area contributed by atoms with Crippen LogP contribution in [0.1, 0.15) is 44.0 Å². The van der Waals surface area contributed by atoms with Gasteiger partial charge in [0, 0.05) is 31.5 Å². The largest absolute Gasteiger partial charge is 0.396 e. The third-order valence-electron chi connectivity index (χ3n) is 3.15. The molecule has 1 heterocycles. The molecule has 0 amide bonds. The van der Waals surface area contributed by atoms with E-state index in [4.69, 9.17) is 5.11 Å². The van der Waals surface area contributed by atoms with E-state index in [1.54, 1.807) is 0 Å². The zero-order chi connectivity index (χ0) is 12.8. The number of hydrogen-bond acceptors (Lipinski definition) is 3. The van der Waals surface area contributed by atoms with Crippen LogP contribution in [0.4, 0.5) is 0 Å². The van der Waals surface area contributed by atoms with Crippen LogP contribution in [0.5, 0.6) is 0 Å². The molecule has 0 aliphatic carbocycles. The second-order valence-corrected chi connectivity index (χ2v) is 4.95. The molecule has 17 heavy (non-hydrogen) atoms. The van der Waals surface area contributed by atoms with Gasteiger partial charge in [-0.3, -0.25) is 4.68 Å². The van der Waals surface area contributed by atoms with Crippen molar-refractivity contribution < 1.29 is 5.11 Å². The number of aliphatic hydroxyl groups is 1. The Hall–Kier alpha value is -0.870. The predicted molar refractivity (Wildman–Crippen MR) is 69.8 cm³/mol. The Morgan fingerprint density at radius 2 is 2.18 bits per heavy atom. The number of nitrogens with zero attached hydrogens (tertiary/aromatic N) is 2. The molecule has 0 aliphatic heterocycles. The maximum atomic E-state index is 8.93. The molecule has 0 aliphatic rings. The molecule has 0 saturated carbocycles. The molecule has 1 aromatic rings. The highest BCUT2D eigenvalue weighted by Crippen LogP contribution is 2.15. The lowest BCUT2D eigenvalue weighted by molar-refractivity contribution is 0.227. The molecule has 98 valence electrons. The summed E-state index contributed by atoms with van der Waals surface area (Å²) in [7, 11) is 1.95. The molecule has 0 fully saturated rings. The Morgan fingerprint density at radius 1 is 1.47 bits per heavy atom. The Morgan fingerprint density at radius 3 is 2.71 bits per heavy atom. The molecule has 4 heteroatoms. The zero-order valence-electron chi connectivity index (χ0n) is 11.4. The summed E-state index contributed by atoms with van der Waals surface area (Å²) in [5.74, 6) is 0.409. The lowest BCUT2D eigenvalue weighted by Crippen LogP contribution is -2.20. The van der Waals surface area contributed by atoms with Crippen LogP contribution >= 0.6 is 0 Å². The van der Waals surface area contributed by atoms with Gasteiger partial charge in [0.25, 0.3) is 0 Å². The number of rotatable bonds is 7. The van der Waals surface area contributed by atoms with Crippen molar-refractivity contribution in [2.45, 2.75) is 39.7 Å². The molecule has 0 radical (unpaired) electrons. The minimum Gasteiger partial charge on any atom is -0.396 e. The molecule has 2 unspecified atom stereocenters. The average Bonchev–Trinajstić information content (AvgIpc) is 2.63. The minimum absolute atomic E-state index is 0.289. The van der Waals surface area contributed by atoms with Gasteiger partial charge in [-0.15, -0.1) is 0 Å². The SMILES string of the molecule is Cc1nn(C)cc1C(C)NCCCC(C)CO. The van der Waals surface area contributed by atoms with E-state index in [0.29, 0.717) is 12.0 Å². The van der Waals surface area contributed by atoms with Crippen molar-refractivity contribution in [1.29, 1.82) is 0 Å². The van der Waals surface area contributed by atoms with Crippen LogP contribution in [-0.4, -0.2) is 28.0 Å². The summed E-state index contributed by atoms with van der Waals surface area (Å²) in [6.07, 6.45) is 4.25. The highest BCUT2D eigenvalue weighted by Gasteiger charge is 2.10. The molecule has 0 saturated heterocycles. The number of nitrogens with one attached hydrogen (secondary N) is 1. The van der Waals surface area contributed by atoms with Crippen LogP contribution in [0, 0.1) is 12.8 Å².